The van der Waals surface area contributed by atoms with E-state index >= 15 is 0 Å². The molecule has 2 rings (SSSR count). The summed E-state index contributed by atoms with van der Waals surface area (Å²) in [6, 6.07) is 0. The van der Waals surface area contributed by atoms with Crippen LogP contribution in [0.5, 0.6) is 0 Å². The van der Waals surface area contributed by atoms with Gasteiger partial charge in [-0.1, -0.05) is 13.2 Å². The lowest BCUT2D eigenvalue weighted by Gasteiger charge is -2.28. The molecule has 2 aliphatic rings. The van der Waals surface area contributed by atoms with Crippen molar-refractivity contribution in [1.82, 2.24) is 0 Å². The van der Waals surface area contributed by atoms with E-state index in [4.69, 9.17) is 9.47 Å². The van der Waals surface area contributed by atoms with E-state index < -0.39 is 42.3 Å². The van der Waals surface area contributed by atoms with Crippen LogP contribution in [0, 0.1) is 5.92 Å². The van der Waals surface area contributed by atoms with E-state index in [1.165, 1.54) is 6.92 Å². The summed E-state index contributed by atoms with van der Waals surface area (Å²) in [6.07, 6.45) is -1.29. The Labute approximate surface area is 135 Å². The first-order valence-electron chi connectivity index (χ1n) is 7.49. The van der Waals surface area contributed by atoms with E-state index in [0.29, 0.717) is 11.1 Å². The van der Waals surface area contributed by atoms with Gasteiger partial charge in [-0.3, -0.25) is 4.79 Å². The van der Waals surface area contributed by atoms with Crippen molar-refractivity contribution in [3.63, 3.8) is 0 Å². The van der Waals surface area contributed by atoms with Gasteiger partial charge in [-0.25, -0.2) is 4.79 Å². The molecular weight excluding hydrogens is 300 g/mol. The normalized spacial score (nSPS) is 37.5. The Morgan fingerprint density at radius 2 is 2.04 bits per heavy atom. The molecule has 1 fully saturated rings. The molecule has 0 radical (unpaired) electrons. The van der Waals surface area contributed by atoms with Crippen molar-refractivity contribution in [3.8, 4) is 0 Å². The first kappa shape index (κ1) is 17.4. The summed E-state index contributed by atoms with van der Waals surface area (Å²) in [5.74, 6) is -1.64. The Balaban J connectivity index is 2.40. The van der Waals surface area contributed by atoms with E-state index in [2.05, 4.69) is 13.2 Å². The molecule has 0 unspecified atom stereocenters. The third-order valence-corrected chi connectivity index (χ3v) is 4.30. The molecule has 6 nitrogen and oxygen atoms in total. The highest BCUT2D eigenvalue weighted by atomic mass is 16.6. The number of hydrogen-bond donors (Lipinski definition) is 2. The van der Waals surface area contributed by atoms with Crippen molar-refractivity contribution in [3.05, 3.63) is 36.0 Å². The molecule has 0 saturated carbocycles. The zero-order valence-electron chi connectivity index (χ0n) is 13.3. The van der Waals surface area contributed by atoms with Crippen molar-refractivity contribution in [2.45, 2.75) is 51.1 Å². The minimum atomic E-state index is -0.935. The van der Waals surface area contributed by atoms with Crippen molar-refractivity contribution in [2.24, 2.45) is 5.92 Å². The second-order valence-electron chi connectivity index (χ2n) is 6.11. The molecule has 0 aromatic heterocycles. The molecule has 1 saturated heterocycles. The third kappa shape index (κ3) is 3.71. The third-order valence-electron chi connectivity index (χ3n) is 4.30. The summed E-state index contributed by atoms with van der Waals surface area (Å²) in [4.78, 5) is 23.1. The minimum Gasteiger partial charge on any atom is -0.458 e. The van der Waals surface area contributed by atoms with Crippen molar-refractivity contribution in [1.29, 1.82) is 0 Å². The van der Waals surface area contributed by atoms with E-state index in [9.17, 15) is 19.8 Å². The van der Waals surface area contributed by atoms with Gasteiger partial charge in [0.25, 0.3) is 0 Å². The number of rotatable bonds is 1. The minimum absolute atomic E-state index is 0.109. The largest absolute Gasteiger partial charge is 0.458 e. The van der Waals surface area contributed by atoms with E-state index in [1.807, 2.05) is 0 Å². The van der Waals surface area contributed by atoms with E-state index in [1.54, 1.807) is 13.0 Å². The molecule has 5 atom stereocenters. The van der Waals surface area contributed by atoms with Gasteiger partial charge in [-0.05, 0) is 30.6 Å². The first-order valence-corrected chi connectivity index (χ1v) is 7.49. The number of hydrogen-bond acceptors (Lipinski definition) is 6. The summed E-state index contributed by atoms with van der Waals surface area (Å²) in [6.45, 7) is 10.5. The fourth-order valence-corrected chi connectivity index (χ4v) is 2.99. The molecule has 23 heavy (non-hydrogen) atoms. The maximum Gasteiger partial charge on any atom is 0.334 e. The van der Waals surface area contributed by atoms with Crippen molar-refractivity contribution in [2.75, 3.05) is 0 Å². The van der Waals surface area contributed by atoms with Gasteiger partial charge < -0.3 is 19.7 Å². The lowest BCUT2D eigenvalue weighted by atomic mass is 9.83. The number of carbonyl (C=O) groups excluding carboxylic acids is 2. The molecular formula is C17H22O6. The summed E-state index contributed by atoms with van der Waals surface area (Å²) < 4.78 is 10.5. The van der Waals surface area contributed by atoms with Gasteiger partial charge in [-0.2, -0.15) is 0 Å². The van der Waals surface area contributed by atoms with Crippen molar-refractivity contribution >= 4 is 11.9 Å². The molecule has 0 spiro atoms. The molecule has 0 bridgehead atoms. The number of aliphatic hydroxyl groups is 2. The van der Waals surface area contributed by atoms with Crippen LogP contribution >= 0.6 is 0 Å². The smallest absolute Gasteiger partial charge is 0.334 e. The highest BCUT2D eigenvalue weighted by Gasteiger charge is 2.43. The predicted octanol–water partition coefficient (Wildman–Crippen LogP) is 1.03. The van der Waals surface area contributed by atoms with Crippen LogP contribution in [0.4, 0.5) is 0 Å². The summed E-state index contributed by atoms with van der Waals surface area (Å²) in [5.41, 5.74) is 1.24. The van der Waals surface area contributed by atoms with E-state index in [-0.39, 0.29) is 18.4 Å². The van der Waals surface area contributed by atoms with Gasteiger partial charge >= 0.3 is 11.9 Å². The van der Waals surface area contributed by atoms with Gasteiger partial charge in [0.1, 0.15) is 12.2 Å². The molecule has 2 N–H and O–H groups in total. The molecule has 0 amide bonds. The summed E-state index contributed by atoms with van der Waals surface area (Å²) in [5, 5.41) is 20.6. The summed E-state index contributed by atoms with van der Waals surface area (Å²) in [7, 11) is 0. The van der Waals surface area contributed by atoms with Crippen LogP contribution in [-0.4, -0.2) is 46.6 Å². The second kappa shape index (κ2) is 6.68. The molecule has 126 valence electrons. The van der Waals surface area contributed by atoms with Gasteiger partial charge in [0.15, 0.2) is 0 Å². The van der Waals surface area contributed by atoms with Crippen LogP contribution in [-0.2, 0) is 19.1 Å². The zero-order valence-corrected chi connectivity index (χ0v) is 13.3. The van der Waals surface area contributed by atoms with Crippen LogP contribution < -0.4 is 0 Å². The second-order valence-corrected chi connectivity index (χ2v) is 6.11. The maximum absolute atomic E-state index is 11.8. The quantitative estimate of drug-likeness (QED) is 0.425. The van der Waals surface area contributed by atoms with Crippen LogP contribution in [0.2, 0.25) is 0 Å². The van der Waals surface area contributed by atoms with Gasteiger partial charge in [0.2, 0.25) is 0 Å². The molecule has 0 aromatic carbocycles. The topological polar surface area (TPSA) is 93.1 Å². The zero-order chi connectivity index (χ0) is 17.3. The lowest BCUT2D eigenvalue weighted by molar-refractivity contribution is -0.146. The molecule has 1 aliphatic carbocycles. The average molecular weight is 322 g/mol. The van der Waals surface area contributed by atoms with Crippen LogP contribution in [0.1, 0.15) is 26.7 Å². The van der Waals surface area contributed by atoms with Gasteiger partial charge in [0.05, 0.1) is 18.1 Å². The Bertz CT molecular complexity index is 576. The number of carbonyl (C=O) groups is 2. The van der Waals surface area contributed by atoms with Crippen LogP contribution in [0.3, 0.4) is 0 Å². The molecule has 0 aromatic rings. The van der Waals surface area contributed by atoms with E-state index in [0.717, 1.165) is 0 Å². The number of esters is 2. The highest BCUT2D eigenvalue weighted by Crippen LogP contribution is 2.35. The molecule has 1 heterocycles. The standard InChI is InChI=1S/C17H22O6/c1-8-5-13(20)16-10(3)17(21)23-15(16)6-9(2)14(7-12(8)19)22-11(4)18/h6,12-16,19-20H,1,3,5,7H2,2,4H3/b9-6+/t12-,13-,14+,15-,16-/m1/s1. The van der Waals surface area contributed by atoms with Crippen molar-refractivity contribution < 1.29 is 29.3 Å². The van der Waals surface area contributed by atoms with Gasteiger partial charge in [0, 0.05) is 18.9 Å². The Morgan fingerprint density at radius 3 is 2.65 bits per heavy atom. The number of fused-ring (bicyclic) bond motifs is 1. The highest BCUT2D eigenvalue weighted by molar-refractivity contribution is 5.91. The Hall–Kier alpha value is -1.92. The maximum atomic E-state index is 11.8. The van der Waals surface area contributed by atoms with Crippen LogP contribution in [0.15, 0.2) is 36.0 Å². The average Bonchev–Trinajstić information content (AvgIpc) is 2.71. The molecule has 6 heteroatoms. The monoisotopic (exact) mass is 322 g/mol. The lowest BCUT2D eigenvalue weighted by Crippen LogP contribution is -2.34. The fourth-order valence-electron chi connectivity index (χ4n) is 2.99. The summed E-state index contributed by atoms with van der Waals surface area (Å²) >= 11 is 0. The Morgan fingerprint density at radius 1 is 1.39 bits per heavy atom. The molecule has 1 aliphatic heterocycles. The van der Waals surface area contributed by atoms with Crippen LogP contribution in [0.25, 0.3) is 0 Å². The van der Waals surface area contributed by atoms with Gasteiger partial charge in [-0.15, -0.1) is 0 Å². The predicted molar refractivity (Wildman–Crippen MR) is 82.2 cm³/mol. The Kier molecular flexibility index (Phi) is 5.06. The number of ether oxygens (including phenoxy) is 2. The number of aliphatic hydroxyl groups excluding tert-OH is 2. The fraction of sp³-hybridized carbons (Fsp3) is 0.529. The first-order chi connectivity index (χ1) is 10.7. The SMILES string of the molecule is C=C1C(=O)O[C@@H]2/C=C(\C)[C@@H](OC(C)=O)C[C@@H](O)C(=C)C[C@@H](O)[C@@H]12.